The molecule has 1 rings (SSSR count). The normalized spacial score (nSPS) is 11.9. The maximum atomic E-state index is 11.6. The summed E-state index contributed by atoms with van der Waals surface area (Å²) in [5.41, 5.74) is 0. The van der Waals surface area contributed by atoms with E-state index in [1.807, 2.05) is 0 Å². The smallest absolute Gasteiger partial charge is 0.333 e. The summed E-state index contributed by atoms with van der Waals surface area (Å²) in [4.78, 5) is -0.539. The van der Waals surface area contributed by atoms with Crippen LogP contribution in [0.4, 0.5) is 13.2 Å². The van der Waals surface area contributed by atoms with Crippen molar-refractivity contribution in [2.24, 2.45) is 0 Å². The van der Waals surface area contributed by atoms with Gasteiger partial charge in [0.2, 0.25) is 0 Å². The van der Waals surface area contributed by atoms with Gasteiger partial charge in [0.25, 0.3) is 0 Å². The van der Waals surface area contributed by atoms with Gasteiger partial charge in [-0.3, -0.25) is 0 Å². The third kappa shape index (κ3) is 8.07. The van der Waals surface area contributed by atoms with Crippen LogP contribution < -0.4 is 0 Å². The minimum absolute atomic E-state index is 0.539. The first-order valence-electron chi connectivity index (χ1n) is 4.00. The Morgan fingerprint density at radius 1 is 1.14 bits per heavy atom. The van der Waals surface area contributed by atoms with Gasteiger partial charge in [0.05, 0.1) is 28.2 Å². The molecule has 1 aromatic heterocycles. The zero-order valence-corrected chi connectivity index (χ0v) is 9.54. The van der Waals surface area contributed by atoms with Gasteiger partial charge in [0.1, 0.15) is 4.88 Å². The van der Waals surface area contributed by atoms with Crippen molar-refractivity contribution in [1.29, 1.82) is 0 Å². The number of rotatable bonds is 0. The average molecular weight is 226 g/mol. The van der Waals surface area contributed by atoms with Crippen molar-refractivity contribution < 1.29 is 17.7 Å². The number of nitrogens with zero attached hydrogens (tertiary/aromatic N) is 1. The average Bonchev–Trinajstić information content (AvgIpc) is 2.28. The first-order chi connectivity index (χ1) is 6.11. The second-order valence-corrected chi connectivity index (χ2v) is 5.11. The Morgan fingerprint density at radius 2 is 1.57 bits per heavy atom. The number of halogens is 3. The Labute approximate surface area is 86.4 Å². The third-order valence-electron chi connectivity index (χ3n) is 0.801. The summed E-state index contributed by atoms with van der Waals surface area (Å²) < 4.78 is 35.9. The molecule has 0 aliphatic rings. The predicted molar refractivity (Wildman–Crippen MR) is 53.3 cm³/mol. The van der Waals surface area contributed by atoms with Gasteiger partial charge in [-0.1, -0.05) is 6.07 Å². The zero-order valence-electron chi connectivity index (χ0n) is 8.72. The maximum absolute atomic E-state index is 11.6. The molecule has 0 amide bonds. The van der Waals surface area contributed by atoms with Crippen LogP contribution in [0.1, 0.15) is 4.88 Å². The monoisotopic (exact) mass is 226 g/mol. The first kappa shape index (κ1) is 13.4. The number of alkyl halides is 3. The molecular weight excluding hydrogens is 211 g/mol. The van der Waals surface area contributed by atoms with Crippen molar-refractivity contribution in [2.75, 3.05) is 28.2 Å². The predicted octanol–water partition coefficient (Wildman–Crippen LogP) is 3.09. The first-order valence-corrected chi connectivity index (χ1v) is 4.88. The van der Waals surface area contributed by atoms with Crippen molar-refractivity contribution in [2.45, 2.75) is 6.18 Å². The van der Waals surface area contributed by atoms with Crippen LogP contribution in [0.5, 0.6) is 0 Å². The van der Waals surface area contributed by atoms with E-state index in [0.29, 0.717) is 11.3 Å². The van der Waals surface area contributed by atoms with Gasteiger partial charge in [0, 0.05) is 0 Å². The molecule has 0 saturated heterocycles. The molecule has 0 aliphatic carbocycles. The Kier molecular flexibility index (Phi) is 4.61. The van der Waals surface area contributed by atoms with Crippen molar-refractivity contribution in [1.82, 2.24) is 0 Å². The van der Waals surface area contributed by atoms with Gasteiger partial charge < -0.3 is 4.48 Å². The van der Waals surface area contributed by atoms with Crippen LogP contribution in [-0.4, -0.2) is 32.7 Å². The van der Waals surface area contributed by atoms with E-state index >= 15 is 0 Å². The van der Waals surface area contributed by atoms with Crippen LogP contribution in [0.3, 0.4) is 0 Å². The lowest BCUT2D eigenvalue weighted by molar-refractivity contribution is -0.849. The Morgan fingerprint density at radius 3 is 1.71 bits per heavy atom. The molecule has 0 saturated carbocycles. The fourth-order valence-electron chi connectivity index (χ4n) is 0.440. The second-order valence-electron chi connectivity index (χ2n) is 4.16. The lowest BCUT2D eigenvalue weighted by Gasteiger charge is -2.14. The van der Waals surface area contributed by atoms with E-state index in [1.165, 1.54) is 11.4 Å². The molecule has 1 heterocycles. The van der Waals surface area contributed by atoms with E-state index in [2.05, 4.69) is 28.2 Å². The van der Waals surface area contributed by atoms with Gasteiger partial charge in [-0.25, -0.2) is 0 Å². The van der Waals surface area contributed by atoms with Gasteiger partial charge in [-0.15, -0.1) is 11.3 Å². The van der Waals surface area contributed by atoms with Crippen LogP contribution in [0, 0.1) is 0 Å². The number of thiophene rings is 1. The Hall–Kier alpha value is -0.550. The fourth-order valence-corrected chi connectivity index (χ4v) is 1.03. The van der Waals surface area contributed by atoms with E-state index in [0.717, 1.165) is 10.5 Å². The fraction of sp³-hybridized carbons (Fsp3) is 0.556. The van der Waals surface area contributed by atoms with Crippen LogP contribution in [0.15, 0.2) is 17.5 Å². The molecule has 0 N–H and O–H groups in total. The number of hydrogen-bond donors (Lipinski definition) is 0. The highest BCUT2D eigenvalue weighted by Crippen LogP contribution is 2.32. The van der Waals surface area contributed by atoms with Crippen molar-refractivity contribution in [3.05, 3.63) is 22.4 Å². The topological polar surface area (TPSA) is 0 Å². The lowest BCUT2D eigenvalue weighted by atomic mass is 10.5. The summed E-state index contributed by atoms with van der Waals surface area (Å²) in [5, 5.41) is 1.41. The van der Waals surface area contributed by atoms with E-state index in [4.69, 9.17) is 0 Å². The van der Waals surface area contributed by atoms with Crippen LogP contribution in [0.25, 0.3) is 0 Å². The van der Waals surface area contributed by atoms with Crippen molar-refractivity contribution >= 4 is 11.3 Å². The van der Waals surface area contributed by atoms with Crippen LogP contribution in [0.2, 0.25) is 0 Å². The molecule has 0 atom stereocenters. The van der Waals surface area contributed by atoms with Crippen LogP contribution in [-0.2, 0) is 6.18 Å². The molecule has 0 aromatic carbocycles. The summed E-state index contributed by atoms with van der Waals surface area (Å²) in [5.74, 6) is 0. The molecule has 0 bridgehead atoms. The summed E-state index contributed by atoms with van der Waals surface area (Å²) >= 11 is 0.705. The molecule has 0 fully saturated rings. The van der Waals surface area contributed by atoms with E-state index in [-0.39, 0.29) is 0 Å². The van der Waals surface area contributed by atoms with Crippen molar-refractivity contribution in [3.8, 4) is 0 Å². The summed E-state index contributed by atoms with van der Waals surface area (Å²) in [7, 11) is 8.50. The molecular formula is C9H15F3NS+. The highest BCUT2D eigenvalue weighted by atomic mass is 32.1. The summed E-state index contributed by atoms with van der Waals surface area (Å²) in [6.45, 7) is 0. The van der Waals surface area contributed by atoms with Crippen molar-refractivity contribution in [3.63, 3.8) is 0 Å². The molecule has 82 valence electrons. The standard InChI is InChI=1S/C5H3F3S.C4H12N/c6-5(7,8)4-2-1-3-9-4;1-5(2,3)4/h1-3H;1-4H3/q;+1. The second kappa shape index (κ2) is 4.79. The third-order valence-corrected chi connectivity index (χ3v) is 1.72. The molecule has 0 spiro atoms. The highest BCUT2D eigenvalue weighted by molar-refractivity contribution is 7.10. The van der Waals surface area contributed by atoms with Gasteiger partial charge in [-0.05, 0) is 11.4 Å². The number of hydrogen-bond acceptors (Lipinski definition) is 1. The Balaban J connectivity index is 0.000000292. The quantitative estimate of drug-likeness (QED) is 0.596. The molecule has 0 aliphatic heterocycles. The molecule has 1 nitrogen and oxygen atoms in total. The van der Waals surface area contributed by atoms with E-state index < -0.39 is 11.1 Å². The largest absolute Gasteiger partial charge is 0.425 e. The van der Waals surface area contributed by atoms with Gasteiger partial charge in [-0.2, -0.15) is 13.2 Å². The molecule has 0 radical (unpaired) electrons. The SMILES string of the molecule is C[N+](C)(C)C.FC(F)(F)c1cccs1. The molecule has 5 heteroatoms. The van der Waals surface area contributed by atoms with Gasteiger partial charge >= 0.3 is 6.18 Å². The van der Waals surface area contributed by atoms with Crippen LogP contribution >= 0.6 is 11.3 Å². The summed E-state index contributed by atoms with van der Waals surface area (Å²) in [6.07, 6.45) is -4.16. The molecule has 1 aromatic rings. The zero-order chi connectivity index (χ0) is 11.4. The van der Waals surface area contributed by atoms with E-state index in [9.17, 15) is 13.2 Å². The lowest BCUT2D eigenvalue weighted by Crippen LogP contribution is -2.27. The van der Waals surface area contributed by atoms with Gasteiger partial charge in [0.15, 0.2) is 0 Å². The Bertz CT molecular complexity index is 240. The minimum Gasteiger partial charge on any atom is -0.333 e. The summed E-state index contributed by atoms with van der Waals surface area (Å²) in [6, 6.07) is 2.44. The van der Waals surface area contributed by atoms with E-state index in [1.54, 1.807) is 0 Å². The highest BCUT2D eigenvalue weighted by Gasteiger charge is 2.31. The molecule has 14 heavy (non-hydrogen) atoms. The molecule has 0 unspecified atom stereocenters. The minimum atomic E-state index is -4.16. The number of quaternary nitrogens is 1. The maximum Gasteiger partial charge on any atom is 0.425 e.